The molecule has 0 aliphatic carbocycles. The first kappa shape index (κ1) is 15.3. The Morgan fingerprint density at radius 2 is 1.71 bits per heavy atom. The number of hydrogen-bond acceptors (Lipinski definition) is 4. The fraction of sp³-hybridized carbons (Fsp3) is 0.412. The van der Waals surface area contributed by atoms with Crippen LogP contribution in [0.25, 0.3) is 11.4 Å². The molecule has 0 saturated heterocycles. The summed E-state index contributed by atoms with van der Waals surface area (Å²) >= 11 is 0. The summed E-state index contributed by atoms with van der Waals surface area (Å²) in [5.74, 6) is 1.91. The number of aromatic nitrogens is 2. The lowest BCUT2D eigenvalue weighted by Crippen LogP contribution is -2.04. The minimum absolute atomic E-state index is 0.343. The minimum Gasteiger partial charge on any atom is -0.507 e. The Balaban J connectivity index is 2.51. The molecular formula is C17H23N3O. The number of anilines is 1. The molecule has 0 radical (unpaired) electrons. The Labute approximate surface area is 126 Å². The molecule has 4 nitrogen and oxygen atoms in total. The molecule has 1 aromatic carbocycles. The number of hydrogen-bond donors (Lipinski definition) is 2. The average Bonchev–Trinajstić information content (AvgIpc) is 2.44. The molecule has 4 heteroatoms. The third-order valence-corrected chi connectivity index (χ3v) is 3.39. The van der Waals surface area contributed by atoms with Crippen molar-refractivity contribution in [2.24, 2.45) is 0 Å². The number of aryl methyl sites for hydroxylation is 3. The summed E-state index contributed by atoms with van der Waals surface area (Å²) in [4.78, 5) is 9.24. The first-order valence-corrected chi connectivity index (χ1v) is 7.47. The van der Waals surface area contributed by atoms with E-state index in [0.29, 0.717) is 11.6 Å². The number of phenolic OH excluding ortho intramolecular Hbond substituents is 1. The predicted molar refractivity (Wildman–Crippen MR) is 86.8 cm³/mol. The smallest absolute Gasteiger partial charge is 0.161 e. The molecule has 0 bridgehead atoms. The molecule has 0 saturated carbocycles. The molecule has 2 N–H and O–H groups in total. The van der Waals surface area contributed by atoms with Crippen LogP contribution in [0.5, 0.6) is 5.75 Å². The van der Waals surface area contributed by atoms with Crippen molar-refractivity contribution >= 4 is 5.82 Å². The Morgan fingerprint density at radius 1 is 1.05 bits per heavy atom. The molecule has 0 aliphatic heterocycles. The molecule has 112 valence electrons. The zero-order chi connectivity index (χ0) is 15.4. The van der Waals surface area contributed by atoms with Gasteiger partial charge in [0.2, 0.25) is 0 Å². The van der Waals surface area contributed by atoms with Crippen LogP contribution in [0, 0.1) is 13.8 Å². The lowest BCUT2D eigenvalue weighted by atomic mass is 10.1. The number of nitrogens with zero attached hydrogens (tertiary/aromatic N) is 2. The van der Waals surface area contributed by atoms with Gasteiger partial charge < -0.3 is 10.4 Å². The van der Waals surface area contributed by atoms with Crippen LogP contribution in [0.15, 0.2) is 18.2 Å². The molecule has 0 spiro atoms. The maximum absolute atomic E-state index is 9.90. The minimum atomic E-state index is 0.343. The summed E-state index contributed by atoms with van der Waals surface area (Å²) in [6.45, 7) is 8.81. The predicted octanol–water partition coefficient (Wildman–Crippen LogP) is 3.85. The van der Waals surface area contributed by atoms with E-state index in [0.717, 1.165) is 47.6 Å². The van der Waals surface area contributed by atoms with Crippen LogP contribution in [0.2, 0.25) is 0 Å². The first-order chi connectivity index (χ1) is 10.0. The first-order valence-electron chi connectivity index (χ1n) is 7.47. The quantitative estimate of drug-likeness (QED) is 0.876. The largest absolute Gasteiger partial charge is 0.507 e. The van der Waals surface area contributed by atoms with Crippen LogP contribution in [0.1, 0.15) is 37.1 Å². The van der Waals surface area contributed by atoms with Gasteiger partial charge in [-0.15, -0.1) is 0 Å². The van der Waals surface area contributed by atoms with E-state index in [-0.39, 0.29) is 0 Å². The second kappa shape index (κ2) is 6.57. The summed E-state index contributed by atoms with van der Waals surface area (Å²) < 4.78 is 0. The Kier molecular flexibility index (Phi) is 4.78. The van der Waals surface area contributed by atoms with Crippen LogP contribution >= 0.6 is 0 Å². The maximum Gasteiger partial charge on any atom is 0.161 e. The summed E-state index contributed by atoms with van der Waals surface area (Å²) in [7, 11) is 0. The second-order valence-electron chi connectivity index (χ2n) is 5.31. The van der Waals surface area contributed by atoms with Crippen LogP contribution < -0.4 is 5.32 Å². The van der Waals surface area contributed by atoms with Gasteiger partial charge >= 0.3 is 0 Å². The van der Waals surface area contributed by atoms with Gasteiger partial charge in [0, 0.05) is 23.9 Å². The Bertz CT molecular complexity index is 591. The third kappa shape index (κ3) is 3.51. The molecule has 2 aromatic rings. The fourth-order valence-corrected chi connectivity index (χ4v) is 2.37. The molecule has 0 unspecified atom stereocenters. The second-order valence-corrected chi connectivity index (χ2v) is 5.31. The fourth-order valence-electron chi connectivity index (χ4n) is 2.37. The molecule has 0 atom stereocenters. The highest BCUT2D eigenvalue weighted by Crippen LogP contribution is 2.28. The topological polar surface area (TPSA) is 58.0 Å². The monoisotopic (exact) mass is 285 g/mol. The van der Waals surface area contributed by atoms with E-state index in [4.69, 9.17) is 0 Å². The van der Waals surface area contributed by atoms with Crippen LogP contribution in [0.4, 0.5) is 5.82 Å². The zero-order valence-electron chi connectivity index (χ0n) is 13.2. The Morgan fingerprint density at radius 3 is 2.29 bits per heavy atom. The number of nitrogens with one attached hydrogen (secondary N) is 1. The number of aromatic hydroxyl groups is 1. The highest BCUT2D eigenvalue weighted by atomic mass is 16.3. The summed E-state index contributed by atoms with van der Waals surface area (Å²) in [5, 5.41) is 13.2. The number of phenols is 1. The molecule has 1 heterocycles. The lowest BCUT2D eigenvalue weighted by molar-refractivity contribution is 0.467. The zero-order valence-corrected chi connectivity index (χ0v) is 13.2. The van der Waals surface area contributed by atoms with E-state index in [9.17, 15) is 5.11 Å². The van der Waals surface area contributed by atoms with Gasteiger partial charge in [0.05, 0.1) is 0 Å². The van der Waals surface area contributed by atoms with E-state index >= 15 is 0 Å². The van der Waals surface area contributed by atoms with Crippen molar-refractivity contribution in [1.82, 2.24) is 9.97 Å². The van der Waals surface area contributed by atoms with E-state index < -0.39 is 0 Å². The van der Waals surface area contributed by atoms with Crippen molar-refractivity contribution in [3.63, 3.8) is 0 Å². The molecule has 0 amide bonds. The van der Waals surface area contributed by atoms with Gasteiger partial charge in [-0.25, -0.2) is 9.97 Å². The number of rotatable bonds is 5. The van der Waals surface area contributed by atoms with Crippen LogP contribution in [0.3, 0.4) is 0 Å². The van der Waals surface area contributed by atoms with E-state index in [1.165, 1.54) is 0 Å². The lowest BCUT2D eigenvalue weighted by Gasteiger charge is -2.11. The van der Waals surface area contributed by atoms with Crippen molar-refractivity contribution < 1.29 is 5.11 Å². The van der Waals surface area contributed by atoms with Crippen molar-refractivity contribution in [3.8, 4) is 17.1 Å². The summed E-state index contributed by atoms with van der Waals surface area (Å²) in [6.07, 6.45) is 1.99. The maximum atomic E-state index is 9.90. The van der Waals surface area contributed by atoms with Crippen molar-refractivity contribution in [2.45, 2.75) is 40.5 Å². The molecule has 2 rings (SSSR count). The Hall–Kier alpha value is -2.10. The average molecular weight is 285 g/mol. The highest BCUT2D eigenvalue weighted by Gasteiger charge is 2.10. The van der Waals surface area contributed by atoms with Gasteiger partial charge in [-0.05, 0) is 50.5 Å². The van der Waals surface area contributed by atoms with Crippen LogP contribution in [-0.2, 0) is 6.42 Å². The number of benzene rings is 1. The standard InChI is InChI=1S/C17H23N3O/c1-5-7-14-10-15(18-6-2)20-17(19-14)13-8-11(3)16(21)12(4)9-13/h8-10,21H,5-7H2,1-4H3,(H,18,19,20). The third-order valence-electron chi connectivity index (χ3n) is 3.39. The SMILES string of the molecule is CCCc1cc(NCC)nc(-c2cc(C)c(O)c(C)c2)n1. The van der Waals surface area contributed by atoms with E-state index in [1.54, 1.807) is 0 Å². The van der Waals surface area contributed by atoms with Crippen molar-refractivity contribution in [3.05, 3.63) is 35.0 Å². The molecule has 1 aromatic heterocycles. The molecular weight excluding hydrogens is 262 g/mol. The van der Waals surface area contributed by atoms with Gasteiger partial charge in [0.1, 0.15) is 11.6 Å². The van der Waals surface area contributed by atoms with E-state index in [2.05, 4.69) is 29.1 Å². The van der Waals surface area contributed by atoms with Crippen molar-refractivity contribution in [1.29, 1.82) is 0 Å². The van der Waals surface area contributed by atoms with E-state index in [1.807, 2.05) is 32.0 Å². The van der Waals surface area contributed by atoms with Gasteiger partial charge in [-0.3, -0.25) is 0 Å². The normalized spacial score (nSPS) is 10.7. The van der Waals surface area contributed by atoms with Crippen LogP contribution in [-0.4, -0.2) is 21.6 Å². The highest BCUT2D eigenvalue weighted by molar-refractivity contribution is 5.62. The van der Waals surface area contributed by atoms with Gasteiger partial charge in [0.25, 0.3) is 0 Å². The van der Waals surface area contributed by atoms with Gasteiger partial charge in [0.15, 0.2) is 5.82 Å². The molecule has 0 aliphatic rings. The molecule has 21 heavy (non-hydrogen) atoms. The summed E-state index contributed by atoms with van der Waals surface area (Å²) in [6, 6.07) is 5.88. The summed E-state index contributed by atoms with van der Waals surface area (Å²) in [5.41, 5.74) is 3.68. The van der Waals surface area contributed by atoms with Gasteiger partial charge in [-0.2, -0.15) is 0 Å². The van der Waals surface area contributed by atoms with Gasteiger partial charge in [-0.1, -0.05) is 13.3 Å². The molecule has 0 fully saturated rings. The van der Waals surface area contributed by atoms with Crippen molar-refractivity contribution in [2.75, 3.05) is 11.9 Å².